The fourth-order valence-corrected chi connectivity index (χ4v) is 2.98. The Morgan fingerprint density at radius 1 is 1.00 bits per heavy atom. The van der Waals surface area contributed by atoms with Gasteiger partial charge in [0.15, 0.2) is 0 Å². The number of fused-ring (bicyclic) bond motifs is 2. The smallest absolute Gasteiger partial charge is 0.222 e. The molecule has 0 aliphatic carbocycles. The number of nitrogens with one attached hydrogen (secondary N) is 1. The molecule has 0 fully saturated rings. The van der Waals surface area contributed by atoms with Crippen LogP contribution in [-0.2, 0) is 0 Å². The molecule has 0 spiro atoms. The predicted molar refractivity (Wildman–Crippen MR) is 86.9 cm³/mol. The number of aromatic nitrogens is 3. The second-order valence-corrected chi connectivity index (χ2v) is 5.49. The molecule has 0 atom stereocenters. The van der Waals surface area contributed by atoms with Crippen molar-refractivity contribution >= 4 is 49.9 Å². The van der Waals surface area contributed by atoms with E-state index in [0.717, 1.165) is 26.8 Å². The Morgan fingerprint density at radius 3 is 2.86 bits per heavy atom. The molecule has 0 saturated heterocycles. The van der Waals surface area contributed by atoms with Crippen molar-refractivity contribution in [2.24, 2.45) is 0 Å². The molecule has 2 heterocycles. The number of nitrogens with zero attached hydrogens (tertiary/aromatic N) is 3. The molecular formula is C15H11N5S. The SMILES string of the molecule is Nc1nc(Nc2ccc3ncsc3c2)c2ccccc2n1. The van der Waals surface area contributed by atoms with Gasteiger partial charge < -0.3 is 11.1 Å². The molecule has 0 saturated carbocycles. The van der Waals surface area contributed by atoms with E-state index in [1.165, 1.54) is 0 Å². The summed E-state index contributed by atoms with van der Waals surface area (Å²) in [5, 5.41) is 4.26. The van der Waals surface area contributed by atoms with E-state index in [1.807, 2.05) is 41.9 Å². The van der Waals surface area contributed by atoms with Crippen LogP contribution in [0.2, 0.25) is 0 Å². The number of hydrogen-bond donors (Lipinski definition) is 2. The van der Waals surface area contributed by atoms with Crippen molar-refractivity contribution in [3.8, 4) is 0 Å². The number of nitrogen functional groups attached to an aromatic ring is 1. The molecule has 4 aromatic rings. The minimum Gasteiger partial charge on any atom is -0.368 e. The van der Waals surface area contributed by atoms with Gasteiger partial charge >= 0.3 is 0 Å². The number of para-hydroxylation sites is 1. The molecule has 0 bridgehead atoms. The predicted octanol–water partition coefficient (Wildman–Crippen LogP) is 3.57. The quantitative estimate of drug-likeness (QED) is 0.591. The van der Waals surface area contributed by atoms with Crippen LogP contribution < -0.4 is 11.1 Å². The molecular weight excluding hydrogens is 282 g/mol. The minimum atomic E-state index is 0.259. The van der Waals surface area contributed by atoms with E-state index in [1.54, 1.807) is 11.3 Å². The Balaban J connectivity index is 1.82. The highest BCUT2D eigenvalue weighted by atomic mass is 32.1. The van der Waals surface area contributed by atoms with Crippen LogP contribution in [-0.4, -0.2) is 15.0 Å². The van der Waals surface area contributed by atoms with E-state index >= 15 is 0 Å². The van der Waals surface area contributed by atoms with Gasteiger partial charge in [-0.2, -0.15) is 4.98 Å². The lowest BCUT2D eigenvalue weighted by molar-refractivity contribution is 1.23. The summed E-state index contributed by atoms with van der Waals surface area (Å²) in [5.41, 5.74) is 10.4. The summed E-state index contributed by atoms with van der Waals surface area (Å²) in [6.45, 7) is 0. The van der Waals surface area contributed by atoms with Crippen molar-refractivity contribution in [2.75, 3.05) is 11.1 Å². The second kappa shape index (κ2) is 4.68. The summed E-state index contributed by atoms with van der Waals surface area (Å²) >= 11 is 1.61. The fraction of sp³-hybridized carbons (Fsp3) is 0. The Morgan fingerprint density at radius 2 is 1.90 bits per heavy atom. The number of hydrogen-bond acceptors (Lipinski definition) is 6. The molecule has 5 nitrogen and oxygen atoms in total. The lowest BCUT2D eigenvalue weighted by Crippen LogP contribution is -2.01. The monoisotopic (exact) mass is 293 g/mol. The first-order valence-electron chi connectivity index (χ1n) is 6.42. The van der Waals surface area contributed by atoms with Crippen molar-refractivity contribution in [3.63, 3.8) is 0 Å². The number of thiazole rings is 1. The van der Waals surface area contributed by atoms with E-state index in [-0.39, 0.29) is 5.95 Å². The zero-order valence-electron chi connectivity index (χ0n) is 10.9. The third-order valence-corrected chi connectivity index (χ3v) is 4.01. The van der Waals surface area contributed by atoms with Gasteiger partial charge in [-0.3, -0.25) is 0 Å². The van der Waals surface area contributed by atoms with Crippen molar-refractivity contribution in [3.05, 3.63) is 48.0 Å². The van der Waals surface area contributed by atoms with E-state index in [0.29, 0.717) is 5.82 Å². The maximum Gasteiger partial charge on any atom is 0.222 e. The van der Waals surface area contributed by atoms with Crippen LogP contribution in [0.15, 0.2) is 48.0 Å². The van der Waals surface area contributed by atoms with Crippen LogP contribution in [0, 0.1) is 0 Å². The fourth-order valence-electron chi connectivity index (χ4n) is 2.26. The van der Waals surface area contributed by atoms with Crippen LogP contribution in [0.3, 0.4) is 0 Å². The lowest BCUT2D eigenvalue weighted by atomic mass is 10.2. The minimum absolute atomic E-state index is 0.259. The summed E-state index contributed by atoms with van der Waals surface area (Å²) in [4.78, 5) is 12.8. The largest absolute Gasteiger partial charge is 0.368 e. The standard InChI is InChI=1S/C15H11N5S/c16-15-19-11-4-2-1-3-10(11)14(20-15)18-9-5-6-12-13(7-9)21-8-17-12/h1-8H,(H3,16,18,19,20). The normalized spacial score (nSPS) is 11.0. The van der Waals surface area contributed by atoms with Crippen molar-refractivity contribution in [2.45, 2.75) is 0 Å². The molecule has 0 unspecified atom stereocenters. The van der Waals surface area contributed by atoms with Crippen LogP contribution in [0.25, 0.3) is 21.1 Å². The highest BCUT2D eigenvalue weighted by Crippen LogP contribution is 2.27. The average molecular weight is 293 g/mol. The molecule has 2 aromatic carbocycles. The first-order valence-corrected chi connectivity index (χ1v) is 7.30. The molecule has 2 aromatic heterocycles. The van der Waals surface area contributed by atoms with Crippen LogP contribution in [0.5, 0.6) is 0 Å². The Labute approximate surface area is 124 Å². The van der Waals surface area contributed by atoms with Gasteiger partial charge in [-0.15, -0.1) is 11.3 Å². The van der Waals surface area contributed by atoms with E-state index < -0.39 is 0 Å². The number of nitrogens with two attached hydrogens (primary N) is 1. The summed E-state index contributed by atoms with van der Waals surface area (Å²) in [5.74, 6) is 0.969. The molecule has 0 aliphatic rings. The number of rotatable bonds is 2. The molecule has 6 heteroatoms. The average Bonchev–Trinajstić information content (AvgIpc) is 2.94. The summed E-state index contributed by atoms with van der Waals surface area (Å²) in [7, 11) is 0. The van der Waals surface area contributed by atoms with Crippen LogP contribution in [0.4, 0.5) is 17.5 Å². The Hall–Kier alpha value is -2.73. The van der Waals surface area contributed by atoms with Gasteiger partial charge in [-0.25, -0.2) is 9.97 Å². The number of benzene rings is 2. The zero-order valence-corrected chi connectivity index (χ0v) is 11.8. The molecule has 0 radical (unpaired) electrons. The molecule has 21 heavy (non-hydrogen) atoms. The summed E-state index contributed by atoms with van der Waals surface area (Å²) in [6.07, 6.45) is 0. The highest BCUT2D eigenvalue weighted by molar-refractivity contribution is 7.16. The first-order chi connectivity index (χ1) is 10.3. The molecule has 3 N–H and O–H groups in total. The van der Waals surface area contributed by atoms with Gasteiger partial charge in [0.05, 0.1) is 21.2 Å². The van der Waals surface area contributed by atoms with E-state index in [2.05, 4.69) is 26.3 Å². The zero-order chi connectivity index (χ0) is 14.2. The van der Waals surface area contributed by atoms with Gasteiger partial charge in [-0.05, 0) is 30.3 Å². The van der Waals surface area contributed by atoms with Gasteiger partial charge in [0.2, 0.25) is 5.95 Å². The Kier molecular flexibility index (Phi) is 2.68. The van der Waals surface area contributed by atoms with E-state index in [4.69, 9.17) is 5.73 Å². The molecule has 0 amide bonds. The third kappa shape index (κ3) is 2.15. The van der Waals surface area contributed by atoms with Gasteiger partial charge in [0.1, 0.15) is 5.82 Å². The van der Waals surface area contributed by atoms with Crippen molar-refractivity contribution in [1.29, 1.82) is 0 Å². The van der Waals surface area contributed by atoms with Crippen LogP contribution in [0.1, 0.15) is 0 Å². The maximum atomic E-state index is 5.78. The second-order valence-electron chi connectivity index (χ2n) is 4.61. The molecule has 102 valence electrons. The summed E-state index contributed by atoms with van der Waals surface area (Å²) < 4.78 is 1.13. The van der Waals surface area contributed by atoms with Crippen LogP contribution >= 0.6 is 11.3 Å². The van der Waals surface area contributed by atoms with Crippen molar-refractivity contribution in [1.82, 2.24) is 15.0 Å². The number of anilines is 3. The van der Waals surface area contributed by atoms with E-state index in [9.17, 15) is 0 Å². The van der Waals surface area contributed by atoms with Gasteiger partial charge in [0.25, 0.3) is 0 Å². The van der Waals surface area contributed by atoms with Gasteiger partial charge in [-0.1, -0.05) is 12.1 Å². The molecule has 4 rings (SSSR count). The molecule has 0 aliphatic heterocycles. The topological polar surface area (TPSA) is 76.7 Å². The van der Waals surface area contributed by atoms with Gasteiger partial charge in [0, 0.05) is 11.1 Å². The Bertz CT molecular complexity index is 947. The lowest BCUT2D eigenvalue weighted by Gasteiger charge is -2.09. The highest BCUT2D eigenvalue weighted by Gasteiger charge is 2.07. The summed E-state index contributed by atoms with van der Waals surface area (Å²) in [6, 6.07) is 13.8. The first kappa shape index (κ1) is 12.0. The maximum absolute atomic E-state index is 5.78. The van der Waals surface area contributed by atoms with Crippen molar-refractivity contribution < 1.29 is 0 Å². The third-order valence-electron chi connectivity index (χ3n) is 3.21.